The van der Waals surface area contributed by atoms with E-state index in [2.05, 4.69) is 5.32 Å². The smallest absolute Gasteiger partial charge is 0.0894 e. The predicted molar refractivity (Wildman–Crippen MR) is 46.8 cm³/mol. The summed E-state index contributed by atoms with van der Waals surface area (Å²) in [5.41, 5.74) is 0. The van der Waals surface area contributed by atoms with Crippen molar-refractivity contribution in [2.75, 3.05) is 26.3 Å². The molecule has 4 heteroatoms. The van der Waals surface area contributed by atoms with Crippen molar-refractivity contribution in [1.29, 1.82) is 0 Å². The molecule has 74 valence electrons. The van der Waals surface area contributed by atoms with Gasteiger partial charge in [-0.1, -0.05) is 6.92 Å². The molecular formula is C8H19NO3. The van der Waals surface area contributed by atoms with Crippen LogP contribution in [-0.2, 0) is 0 Å². The Morgan fingerprint density at radius 3 is 2.42 bits per heavy atom. The Hall–Kier alpha value is -0.160. The summed E-state index contributed by atoms with van der Waals surface area (Å²) >= 11 is 0. The number of rotatable bonds is 7. The van der Waals surface area contributed by atoms with Crippen LogP contribution in [0.3, 0.4) is 0 Å². The van der Waals surface area contributed by atoms with Crippen LogP contribution in [-0.4, -0.2) is 47.7 Å². The fourth-order valence-corrected chi connectivity index (χ4v) is 0.883. The van der Waals surface area contributed by atoms with E-state index in [0.717, 1.165) is 13.0 Å². The van der Waals surface area contributed by atoms with Gasteiger partial charge in [0, 0.05) is 13.2 Å². The van der Waals surface area contributed by atoms with Gasteiger partial charge < -0.3 is 20.6 Å². The van der Waals surface area contributed by atoms with E-state index in [1.807, 2.05) is 6.92 Å². The van der Waals surface area contributed by atoms with Gasteiger partial charge in [0.25, 0.3) is 0 Å². The Morgan fingerprint density at radius 2 is 1.92 bits per heavy atom. The van der Waals surface area contributed by atoms with Crippen molar-refractivity contribution in [1.82, 2.24) is 5.32 Å². The summed E-state index contributed by atoms with van der Waals surface area (Å²) in [5.74, 6) is 0.404. The first-order valence-electron chi connectivity index (χ1n) is 4.31. The molecule has 1 unspecified atom stereocenters. The lowest BCUT2D eigenvalue weighted by Crippen LogP contribution is -2.32. The average Bonchev–Trinajstić information content (AvgIpc) is 2.04. The lowest BCUT2D eigenvalue weighted by atomic mass is 10.1. The van der Waals surface area contributed by atoms with E-state index in [-0.39, 0.29) is 13.2 Å². The maximum absolute atomic E-state index is 8.94. The van der Waals surface area contributed by atoms with Gasteiger partial charge in [-0.3, -0.25) is 0 Å². The van der Waals surface area contributed by atoms with E-state index >= 15 is 0 Å². The van der Waals surface area contributed by atoms with Gasteiger partial charge >= 0.3 is 0 Å². The monoisotopic (exact) mass is 177 g/mol. The molecule has 0 amide bonds. The quantitative estimate of drug-likeness (QED) is 0.400. The summed E-state index contributed by atoms with van der Waals surface area (Å²) in [4.78, 5) is 0. The summed E-state index contributed by atoms with van der Waals surface area (Å²) in [5, 5.41) is 29.0. The lowest BCUT2D eigenvalue weighted by molar-refractivity contribution is 0.0934. The Balaban J connectivity index is 3.18. The first kappa shape index (κ1) is 11.8. The SMILES string of the molecule is CC(CCO)CNC[C@H](O)CO. The van der Waals surface area contributed by atoms with Crippen molar-refractivity contribution in [3.63, 3.8) is 0 Å². The first-order valence-corrected chi connectivity index (χ1v) is 4.31. The van der Waals surface area contributed by atoms with E-state index in [1.54, 1.807) is 0 Å². The number of aliphatic hydroxyl groups is 3. The largest absolute Gasteiger partial charge is 0.396 e. The van der Waals surface area contributed by atoms with Crippen LogP contribution in [0.5, 0.6) is 0 Å². The molecule has 0 rings (SSSR count). The third-order valence-corrected chi connectivity index (χ3v) is 1.71. The van der Waals surface area contributed by atoms with Gasteiger partial charge in [0.15, 0.2) is 0 Å². The summed E-state index contributed by atoms with van der Waals surface area (Å²) in [6.07, 6.45) is 0.0914. The number of hydrogen-bond donors (Lipinski definition) is 4. The molecule has 0 saturated heterocycles. The van der Waals surface area contributed by atoms with E-state index < -0.39 is 6.10 Å². The molecule has 4 nitrogen and oxygen atoms in total. The second-order valence-electron chi connectivity index (χ2n) is 3.11. The molecule has 0 fully saturated rings. The molecule has 0 bridgehead atoms. The van der Waals surface area contributed by atoms with Crippen LogP contribution in [0, 0.1) is 5.92 Å². The van der Waals surface area contributed by atoms with Gasteiger partial charge in [-0.05, 0) is 18.9 Å². The number of nitrogens with one attached hydrogen (secondary N) is 1. The Labute approximate surface area is 73.2 Å². The van der Waals surface area contributed by atoms with Gasteiger partial charge in [0.05, 0.1) is 12.7 Å². The molecule has 0 aliphatic rings. The van der Waals surface area contributed by atoms with Crippen LogP contribution in [0.25, 0.3) is 0 Å². The van der Waals surface area contributed by atoms with Crippen molar-refractivity contribution >= 4 is 0 Å². The maximum Gasteiger partial charge on any atom is 0.0894 e. The summed E-state index contributed by atoms with van der Waals surface area (Å²) < 4.78 is 0. The molecule has 0 saturated carbocycles. The summed E-state index contributed by atoms with van der Waals surface area (Å²) in [6, 6.07) is 0. The van der Waals surface area contributed by atoms with Crippen molar-refractivity contribution < 1.29 is 15.3 Å². The van der Waals surface area contributed by atoms with E-state index in [4.69, 9.17) is 15.3 Å². The highest BCUT2D eigenvalue weighted by Crippen LogP contribution is 1.97. The molecule has 2 atom stereocenters. The highest BCUT2D eigenvalue weighted by atomic mass is 16.3. The van der Waals surface area contributed by atoms with Crippen molar-refractivity contribution in [2.24, 2.45) is 5.92 Å². The fraction of sp³-hybridized carbons (Fsp3) is 1.00. The van der Waals surface area contributed by atoms with Gasteiger partial charge in [-0.25, -0.2) is 0 Å². The molecule has 0 radical (unpaired) electrons. The minimum Gasteiger partial charge on any atom is -0.396 e. The van der Waals surface area contributed by atoms with Crippen LogP contribution in [0.2, 0.25) is 0 Å². The molecule has 0 heterocycles. The Morgan fingerprint density at radius 1 is 1.25 bits per heavy atom. The van der Waals surface area contributed by atoms with Gasteiger partial charge in [-0.2, -0.15) is 0 Å². The molecule has 0 aromatic carbocycles. The second-order valence-corrected chi connectivity index (χ2v) is 3.11. The van der Waals surface area contributed by atoms with E-state index in [9.17, 15) is 0 Å². The summed E-state index contributed by atoms with van der Waals surface area (Å²) in [7, 11) is 0. The zero-order chi connectivity index (χ0) is 9.40. The molecule has 0 aromatic heterocycles. The van der Waals surface area contributed by atoms with Gasteiger partial charge in [0.2, 0.25) is 0 Å². The molecule has 0 aromatic rings. The van der Waals surface area contributed by atoms with Crippen molar-refractivity contribution in [3.05, 3.63) is 0 Å². The van der Waals surface area contributed by atoms with Gasteiger partial charge in [-0.15, -0.1) is 0 Å². The minimum atomic E-state index is -0.675. The van der Waals surface area contributed by atoms with Crippen LogP contribution in [0.4, 0.5) is 0 Å². The third kappa shape index (κ3) is 6.54. The molecule has 0 aliphatic heterocycles. The van der Waals surface area contributed by atoms with Crippen molar-refractivity contribution in [3.8, 4) is 0 Å². The zero-order valence-electron chi connectivity index (χ0n) is 7.53. The molecule has 4 N–H and O–H groups in total. The standard InChI is InChI=1S/C8H19NO3/c1-7(2-3-10)4-9-5-8(12)6-11/h7-12H,2-6H2,1H3/t7?,8-/m0/s1. The Kier molecular flexibility index (Phi) is 7.39. The van der Waals surface area contributed by atoms with E-state index in [1.165, 1.54) is 0 Å². The molecule has 12 heavy (non-hydrogen) atoms. The first-order chi connectivity index (χ1) is 5.70. The zero-order valence-corrected chi connectivity index (χ0v) is 7.53. The van der Waals surface area contributed by atoms with Crippen LogP contribution in [0.1, 0.15) is 13.3 Å². The van der Waals surface area contributed by atoms with Gasteiger partial charge in [0.1, 0.15) is 0 Å². The minimum absolute atomic E-state index is 0.200. The predicted octanol–water partition coefficient (Wildman–Crippen LogP) is -1.05. The summed E-state index contributed by atoms with van der Waals surface area (Å²) in [6.45, 7) is 3.19. The second kappa shape index (κ2) is 7.49. The van der Waals surface area contributed by atoms with Crippen LogP contribution >= 0.6 is 0 Å². The average molecular weight is 177 g/mol. The molecule has 0 spiro atoms. The number of aliphatic hydroxyl groups excluding tert-OH is 3. The highest BCUT2D eigenvalue weighted by Gasteiger charge is 2.03. The molecular weight excluding hydrogens is 158 g/mol. The van der Waals surface area contributed by atoms with E-state index in [0.29, 0.717) is 12.5 Å². The maximum atomic E-state index is 8.94. The highest BCUT2D eigenvalue weighted by molar-refractivity contribution is 4.60. The van der Waals surface area contributed by atoms with Crippen molar-refractivity contribution in [2.45, 2.75) is 19.4 Å². The Bertz CT molecular complexity index is 100. The third-order valence-electron chi connectivity index (χ3n) is 1.71. The topological polar surface area (TPSA) is 72.7 Å². The van der Waals surface area contributed by atoms with Crippen LogP contribution < -0.4 is 5.32 Å². The molecule has 0 aliphatic carbocycles. The fourth-order valence-electron chi connectivity index (χ4n) is 0.883. The lowest BCUT2D eigenvalue weighted by Gasteiger charge is -2.12. The normalized spacial score (nSPS) is 16.0. The number of hydrogen-bond acceptors (Lipinski definition) is 4. The van der Waals surface area contributed by atoms with Crippen LogP contribution in [0.15, 0.2) is 0 Å².